The summed E-state index contributed by atoms with van der Waals surface area (Å²) in [5, 5.41) is 3.20. The van der Waals surface area contributed by atoms with Crippen LogP contribution in [0.1, 0.15) is 39.3 Å². The Morgan fingerprint density at radius 3 is 2.33 bits per heavy atom. The topological polar surface area (TPSA) is 117 Å². The highest BCUT2D eigenvalue weighted by atomic mass is 35.5. The van der Waals surface area contributed by atoms with Crippen LogP contribution in [0.25, 0.3) is 0 Å². The molecule has 0 bridgehead atoms. The van der Waals surface area contributed by atoms with Gasteiger partial charge in [-0.15, -0.1) is 0 Å². The van der Waals surface area contributed by atoms with E-state index in [0.29, 0.717) is 22.7 Å². The van der Waals surface area contributed by atoms with E-state index >= 15 is 0 Å². The van der Waals surface area contributed by atoms with Crippen molar-refractivity contribution in [1.82, 2.24) is 0 Å². The Bertz CT molecular complexity index is 1550. The second-order valence-electron chi connectivity index (χ2n) is 9.46. The highest BCUT2D eigenvalue weighted by Crippen LogP contribution is 2.55. The summed E-state index contributed by atoms with van der Waals surface area (Å²) in [6.45, 7) is 1.58. The number of fused-ring (bicyclic) bond motifs is 2. The molecule has 3 aliphatic rings. The van der Waals surface area contributed by atoms with Gasteiger partial charge in [0, 0.05) is 22.9 Å². The number of rotatable bonds is 5. The fraction of sp³-hybridized carbons (Fsp3) is 0.241. The van der Waals surface area contributed by atoms with Crippen LogP contribution in [0.5, 0.6) is 11.5 Å². The van der Waals surface area contributed by atoms with Crippen molar-refractivity contribution in [2.75, 3.05) is 18.7 Å². The van der Waals surface area contributed by atoms with Gasteiger partial charge in [0.05, 0.1) is 28.7 Å². The molecular weight excluding hydrogens is 561 g/mol. The zero-order valence-electron chi connectivity index (χ0n) is 20.9. The number of nitrogens with one attached hydrogen (secondary N) is 1. The second kappa shape index (κ2) is 9.92. The molecule has 2 aliphatic heterocycles. The fourth-order valence-corrected chi connectivity index (χ4v) is 5.85. The van der Waals surface area contributed by atoms with Crippen LogP contribution >= 0.6 is 23.2 Å². The molecule has 3 aromatic carbocycles. The number of halogens is 2. The summed E-state index contributed by atoms with van der Waals surface area (Å²) in [6, 6.07) is 15.6. The van der Waals surface area contributed by atoms with Gasteiger partial charge in [0.25, 0.3) is 0 Å². The molecule has 11 heteroatoms. The lowest BCUT2D eigenvalue weighted by atomic mass is 9.75. The molecule has 1 fully saturated rings. The minimum atomic E-state index is -2.32. The first kappa shape index (κ1) is 26.3. The number of Topliss-reactive ketones (excluding diaryl/α,β-unsaturated/α-hetero) is 2. The smallest absolute Gasteiger partial charge is 0.313 e. The van der Waals surface area contributed by atoms with E-state index in [1.165, 1.54) is 24.3 Å². The minimum absolute atomic E-state index is 0.0425. The van der Waals surface area contributed by atoms with Gasteiger partial charge >= 0.3 is 5.97 Å². The van der Waals surface area contributed by atoms with Crippen molar-refractivity contribution in [1.29, 1.82) is 0 Å². The molecule has 40 heavy (non-hydrogen) atoms. The van der Waals surface area contributed by atoms with E-state index < -0.39 is 47.0 Å². The zero-order valence-corrected chi connectivity index (χ0v) is 22.5. The number of hydrogen-bond acceptors (Lipinski definition) is 8. The summed E-state index contributed by atoms with van der Waals surface area (Å²) >= 11 is 12.4. The van der Waals surface area contributed by atoms with Crippen LogP contribution < -0.4 is 14.8 Å². The highest BCUT2D eigenvalue weighted by Gasteiger charge is 2.71. The average Bonchev–Trinajstić information content (AvgIpc) is 3.62. The molecule has 9 nitrogen and oxygen atoms in total. The third kappa shape index (κ3) is 3.96. The summed E-state index contributed by atoms with van der Waals surface area (Å²) in [7, 11) is 0. The molecule has 204 valence electrons. The number of benzene rings is 3. The van der Waals surface area contributed by atoms with Crippen LogP contribution in [0.2, 0.25) is 10.0 Å². The largest absolute Gasteiger partial charge is 0.466 e. The normalized spacial score (nSPS) is 21.9. The fourth-order valence-electron chi connectivity index (χ4n) is 5.54. The molecule has 3 aromatic rings. The first-order valence-corrected chi connectivity index (χ1v) is 13.2. The molecule has 0 saturated carbocycles. The lowest BCUT2D eigenvalue weighted by molar-refractivity contribution is -0.153. The van der Waals surface area contributed by atoms with Crippen LogP contribution in [0.3, 0.4) is 0 Å². The first-order chi connectivity index (χ1) is 19.3. The maximum absolute atomic E-state index is 14.0. The van der Waals surface area contributed by atoms with Crippen molar-refractivity contribution in [3.63, 3.8) is 0 Å². The number of hydrogen-bond donors (Lipinski definition) is 1. The first-order valence-electron chi connectivity index (χ1n) is 12.4. The van der Waals surface area contributed by atoms with Crippen LogP contribution in [0.4, 0.5) is 5.69 Å². The highest BCUT2D eigenvalue weighted by molar-refractivity contribution is 6.42. The average molecular weight is 582 g/mol. The summed E-state index contributed by atoms with van der Waals surface area (Å²) in [5.74, 6) is -5.05. The summed E-state index contributed by atoms with van der Waals surface area (Å²) in [6.07, 6.45) is -1.24. The van der Waals surface area contributed by atoms with Crippen molar-refractivity contribution in [2.24, 2.45) is 11.8 Å². The van der Waals surface area contributed by atoms with Gasteiger partial charge in [-0.1, -0.05) is 53.5 Å². The van der Waals surface area contributed by atoms with Crippen molar-refractivity contribution < 1.29 is 38.1 Å². The van der Waals surface area contributed by atoms with E-state index in [4.69, 9.17) is 42.1 Å². The van der Waals surface area contributed by atoms with Gasteiger partial charge in [-0.05, 0) is 36.8 Å². The third-order valence-corrected chi connectivity index (χ3v) is 8.02. The number of ketones is 2. The van der Waals surface area contributed by atoms with Crippen molar-refractivity contribution in [3.8, 4) is 11.5 Å². The molecule has 1 saturated heterocycles. The molecule has 0 aromatic heterocycles. The van der Waals surface area contributed by atoms with E-state index in [0.717, 1.165) is 0 Å². The molecule has 1 aliphatic carbocycles. The predicted octanol–water partition coefficient (Wildman–Crippen LogP) is 5.05. The van der Waals surface area contributed by atoms with E-state index in [9.17, 15) is 19.2 Å². The Labute approximate surface area is 238 Å². The lowest BCUT2D eigenvalue weighted by Crippen LogP contribution is -2.52. The Balaban J connectivity index is 1.49. The van der Waals surface area contributed by atoms with Crippen molar-refractivity contribution in [2.45, 2.75) is 18.6 Å². The van der Waals surface area contributed by atoms with Gasteiger partial charge in [0.2, 0.25) is 29.9 Å². The van der Waals surface area contributed by atoms with E-state index in [1.807, 2.05) is 0 Å². The van der Waals surface area contributed by atoms with Crippen molar-refractivity contribution >= 4 is 52.3 Å². The maximum atomic E-state index is 14.0. The SMILES string of the molecule is CCOC(=O)C1[C@H](C(=O)Nc2ccc3c(c2)OCO3)C(c2ccc(Cl)c(Cl)c2)OC12C(=O)c1ccccc1C2=O. The Morgan fingerprint density at radius 2 is 1.65 bits per heavy atom. The van der Waals surface area contributed by atoms with Gasteiger partial charge in [0.15, 0.2) is 11.5 Å². The molecule has 1 N–H and O–H groups in total. The van der Waals surface area contributed by atoms with Crippen LogP contribution in [0.15, 0.2) is 60.7 Å². The Morgan fingerprint density at radius 1 is 0.950 bits per heavy atom. The van der Waals surface area contributed by atoms with E-state index in [-0.39, 0.29) is 34.6 Å². The number of carbonyl (C=O) groups is 4. The molecule has 0 radical (unpaired) electrons. The van der Waals surface area contributed by atoms with E-state index in [1.54, 1.807) is 43.3 Å². The quantitative estimate of drug-likeness (QED) is 0.329. The minimum Gasteiger partial charge on any atom is -0.466 e. The number of anilines is 1. The maximum Gasteiger partial charge on any atom is 0.313 e. The summed E-state index contributed by atoms with van der Waals surface area (Å²) < 4.78 is 22.4. The van der Waals surface area contributed by atoms with Crippen LogP contribution in [-0.2, 0) is 19.1 Å². The Hall–Kier alpha value is -3.92. The number of amides is 1. The molecular formula is C29H21Cl2NO8. The van der Waals surface area contributed by atoms with E-state index in [2.05, 4.69) is 5.32 Å². The van der Waals surface area contributed by atoms with Crippen molar-refractivity contribution in [3.05, 3.63) is 87.4 Å². The molecule has 2 heterocycles. The number of esters is 1. The monoisotopic (exact) mass is 581 g/mol. The molecule has 2 unspecified atom stereocenters. The van der Waals surface area contributed by atoms with Gasteiger partial charge in [-0.2, -0.15) is 0 Å². The summed E-state index contributed by atoms with van der Waals surface area (Å²) in [4.78, 5) is 55.5. The van der Waals surface area contributed by atoms with Gasteiger partial charge in [-0.25, -0.2) is 0 Å². The second-order valence-corrected chi connectivity index (χ2v) is 10.3. The Kier molecular flexibility index (Phi) is 6.53. The zero-order chi connectivity index (χ0) is 28.2. The van der Waals surface area contributed by atoms with Crippen LogP contribution in [0, 0.1) is 11.8 Å². The molecule has 1 amide bonds. The van der Waals surface area contributed by atoms with Gasteiger partial charge in [-0.3, -0.25) is 19.2 Å². The number of ether oxygens (including phenoxy) is 4. The van der Waals surface area contributed by atoms with Gasteiger partial charge in [0.1, 0.15) is 5.92 Å². The van der Waals surface area contributed by atoms with Crippen LogP contribution in [-0.4, -0.2) is 42.4 Å². The lowest BCUT2D eigenvalue weighted by Gasteiger charge is -2.27. The predicted molar refractivity (Wildman–Crippen MR) is 143 cm³/mol. The number of carbonyl (C=O) groups excluding carboxylic acids is 4. The summed E-state index contributed by atoms with van der Waals surface area (Å²) in [5.41, 5.74) is -1.41. The third-order valence-electron chi connectivity index (χ3n) is 7.28. The molecule has 3 atom stereocenters. The standard InChI is InChI=1S/C29H21Cl2NO8/c1-2-37-28(36)23-22(27(35)32-15-8-10-20-21(12-15)39-13-38-20)24(14-7-9-18(30)19(31)11-14)40-29(23)25(33)16-5-3-4-6-17(16)26(29)34/h3-12,22-24H,2,13H2,1H3,(H,32,35)/t22-,23?,24?/m0/s1. The molecule has 6 rings (SSSR count). The molecule has 1 spiro atoms. The van der Waals surface area contributed by atoms with Gasteiger partial charge < -0.3 is 24.3 Å².